The maximum atomic E-state index is 10.5. The molecule has 0 radical (unpaired) electrons. The number of rotatable bonds is 3. The van der Waals surface area contributed by atoms with Crippen LogP contribution < -0.4 is 0 Å². The van der Waals surface area contributed by atoms with Gasteiger partial charge >= 0.3 is 5.97 Å². The van der Waals surface area contributed by atoms with Gasteiger partial charge < -0.3 is 10.2 Å². The largest absolute Gasteiger partial charge is 0.481 e. The highest BCUT2D eigenvalue weighted by atomic mass is 32.1. The van der Waals surface area contributed by atoms with Crippen molar-refractivity contribution < 1.29 is 15.0 Å². The molecule has 15 heavy (non-hydrogen) atoms. The zero-order valence-corrected chi connectivity index (χ0v) is 9.22. The normalized spacial score (nSPS) is 17.1. The van der Waals surface area contributed by atoms with Gasteiger partial charge in [0, 0.05) is 4.88 Å². The highest BCUT2D eigenvalue weighted by Gasteiger charge is 2.21. The molecule has 0 bridgehead atoms. The number of hydrogen-bond acceptors (Lipinski definition) is 3. The first-order chi connectivity index (χ1) is 7.18. The van der Waals surface area contributed by atoms with Crippen LogP contribution in [0.4, 0.5) is 0 Å². The summed E-state index contributed by atoms with van der Waals surface area (Å²) in [6.07, 6.45) is 3.41. The van der Waals surface area contributed by atoms with Crippen LogP contribution in [-0.4, -0.2) is 16.2 Å². The van der Waals surface area contributed by atoms with Gasteiger partial charge in [-0.2, -0.15) is 0 Å². The predicted octanol–water partition coefficient (Wildman–Crippen LogP) is 2.13. The van der Waals surface area contributed by atoms with E-state index < -0.39 is 12.1 Å². The molecule has 0 fully saturated rings. The molecule has 1 aliphatic rings. The van der Waals surface area contributed by atoms with Crippen LogP contribution in [0.2, 0.25) is 0 Å². The second kappa shape index (κ2) is 4.33. The molecule has 1 aromatic heterocycles. The Morgan fingerprint density at radius 2 is 2.20 bits per heavy atom. The molecule has 1 heterocycles. The Bertz CT molecular complexity index is 370. The Balaban J connectivity index is 2.20. The number of carboxylic acid groups (broad SMARTS) is 1. The van der Waals surface area contributed by atoms with Crippen molar-refractivity contribution in [3.63, 3.8) is 0 Å². The number of aliphatic carboxylic acids is 1. The van der Waals surface area contributed by atoms with Gasteiger partial charge in [-0.3, -0.25) is 4.79 Å². The SMILES string of the molecule is O=C(O)C[C@H](O)c1csc2c1CCCC2. The summed E-state index contributed by atoms with van der Waals surface area (Å²) in [5.74, 6) is -0.946. The van der Waals surface area contributed by atoms with Gasteiger partial charge in [0.05, 0.1) is 12.5 Å². The van der Waals surface area contributed by atoms with Crippen molar-refractivity contribution in [3.8, 4) is 0 Å². The molecule has 0 aliphatic heterocycles. The van der Waals surface area contributed by atoms with Crippen LogP contribution >= 0.6 is 11.3 Å². The Morgan fingerprint density at radius 1 is 1.47 bits per heavy atom. The molecule has 0 saturated heterocycles. The van der Waals surface area contributed by atoms with Crippen molar-refractivity contribution in [2.24, 2.45) is 0 Å². The molecule has 0 aromatic carbocycles. The van der Waals surface area contributed by atoms with Crippen molar-refractivity contribution in [2.45, 2.75) is 38.2 Å². The second-order valence-corrected chi connectivity index (χ2v) is 4.88. The lowest BCUT2D eigenvalue weighted by Gasteiger charge is -2.15. The first-order valence-corrected chi connectivity index (χ1v) is 6.05. The molecule has 2 rings (SSSR count). The van der Waals surface area contributed by atoms with Gasteiger partial charge in [-0.1, -0.05) is 0 Å². The average molecular weight is 226 g/mol. The quantitative estimate of drug-likeness (QED) is 0.830. The van der Waals surface area contributed by atoms with Crippen molar-refractivity contribution >= 4 is 17.3 Å². The first kappa shape index (κ1) is 10.6. The second-order valence-electron chi connectivity index (χ2n) is 3.91. The van der Waals surface area contributed by atoms with Crippen molar-refractivity contribution in [1.29, 1.82) is 0 Å². The molecule has 4 heteroatoms. The fraction of sp³-hybridized carbons (Fsp3) is 0.545. The predicted molar refractivity (Wildman–Crippen MR) is 58.2 cm³/mol. The minimum atomic E-state index is -0.946. The highest BCUT2D eigenvalue weighted by Crippen LogP contribution is 2.34. The van der Waals surface area contributed by atoms with Gasteiger partial charge in [0.15, 0.2) is 0 Å². The molecule has 1 aliphatic carbocycles. The van der Waals surface area contributed by atoms with Crippen molar-refractivity contribution in [2.75, 3.05) is 0 Å². The lowest BCUT2D eigenvalue weighted by Crippen LogP contribution is -2.08. The molecular weight excluding hydrogens is 212 g/mol. The van der Waals surface area contributed by atoms with Crippen LogP contribution in [0.3, 0.4) is 0 Å². The van der Waals surface area contributed by atoms with E-state index in [1.54, 1.807) is 11.3 Å². The van der Waals surface area contributed by atoms with E-state index in [0.717, 1.165) is 24.8 Å². The van der Waals surface area contributed by atoms with Gasteiger partial charge in [0.25, 0.3) is 0 Å². The summed E-state index contributed by atoms with van der Waals surface area (Å²) in [4.78, 5) is 11.9. The van der Waals surface area contributed by atoms with Crippen molar-refractivity contribution in [3.05, 3.63) is 21.4 Å². The summed E-state index contributed by atoms with van der Waals surface area (Å²) >= 11 is 1.65. The number of carbonyl (C=O) groups is 1. The Kier molecular flexibility index (Phi) is 3.07. The number of thiophene rings is 1. The van der Waals surface area contributed by atoms with Crippen LogP contribution in [0.5, 0.6) is 0 Å². The van der Waals surface area contributed by atoms with E-state index in [1.165, 1.54) is 16.9 Å². The first-order valence-electron chi connectivity index (χ1n) is 5.17. The zero-order chi connectivity index (χ0) is 10.8. The van der Waals surface area contributed by atoms with Gasteiger partial charge in [0.1, 0.15) is 0 Å². The van der Waals surface area contributed by atoms with Crippen LogP contribution in [0.15, 0.2) is 5.38 Å². The average Bonchev–Trinajstić information content (AvgIpc) is 2.59. The molecule has 1 aromatic rings. The van der Waals surface area contributed by atoms with E-state index >= 15 is 0 Å². The van der Waals surface area contributed by atoms with Crippen LogP contribution in [0.1, 0.15) is 41.4 Å². The molecule has 2 N–H and O–H groups in total. The van der Waals surface area contributed by atoms with Gasteiger partial charge in [0.2, 0.25) is 0 Å². The minimum Gasteiger partial charge on any atom is -0.481 e. The lowest BCUT2D eigenvalue weighted by molar-refractivity contribution is -0.139. The number of aliphatic hydroxyl groups excluding tert-OH is 1. The molecule has 0 amide bonds. The summed E-state index contributed by atoms with van der Waals surface area (Å²) in [5.41, 5.74) is 2.05. The van der Waals surface area contributed by atoms with E-state index in [1.807, 2.05) is 5.38 Å². The molecule has 0 unspecified atom stereocenters. The third-order valence-corrected chi connectivity index (χ3v) is 3.93. The molecule has 0 spiro atoms. The highest BCUT2D eigenvalue weighted by molar-refractivity contribution is 7.10. The van der Waals surface area contributed by atoms with Gasteiger partial charge in [-0.05, 0) is 42.2 Å². The van der Waals surface area contributed by atoms with E-state index in [-0.39, 0.29) is 6.42 Å². The Labute approximate surface area is 92.4 Å². The number of aliphatic hydroxyl groups is 1. The fourth-order valence-corrected chi connectivity index (χ4v) is 3.27. The van der Waals surface area contributed by atoms with E-state index in [2.05, 4.69) is 0 Å². The summed E-state index contributed by atoms with van der Waals surface area (Å²) in [6, 6.07) is 0. The smallest absolute Gasteiger partial charge is 0.306 e. The Morgan fingerprint density at radius 3 is 2.93 bits per heavy atom. The van der Waals surface area contributed by atoms with Gasteiger partial charge in [-0.25, -0.2) is 0 Å². The molecule has 82 valence electrons. The summed E-state index contributed by atoms with van der Waals surface area (Å²) in [6.45, 7) is 0. The maximum absolute atomic E-state index is 10.5. The number of hydrogen-bond donors (Lipinski definition) is 2. The number of aryl methyl sites for hydroxylation is 1. The monoisotopic (exact) mass is 226 g/mol. The molecular formula is C11H14O3S. The molecule has 1 atom stereocenters. The minimum absolute atomic E-state index is 0.191. The summed E-state index contributed by atoms with van der Waals surface area (Å²) < 4.78 is 0. The van der Waals surface area contributed by atoms with Crippen molar-refractivity contribution in [1.82, 2.24) is 0 Å². The zero-order valence-electron chi connectivity index (χ0n) is 8.40. The number of fused-ring (bicyclic) bond motifs is 1. The third-order valence-electron chi connectivity index (χ3n) is 2.82. The summed E-state index contributed by atoms with van der Waals surface area (Å²) in [7, 11) is 0. The standard InChI is InChI=1S/C11H14O3S/c12-9(5-11(13)14)8-6-15-10-4-2-1-3-7(8)10/h6,9,12H,1-5H2,(H,13,14)/t9-/m0/s1. The summed E-state index contributed by atoms with van der Waals surface area (Å²) in [5, 5.41) is 20.3. The number of carboxylic acids is 1. The van der Waals surface area contributed by atoms with E-state index in [0.29, 0.717) is 0 Å². The fourth-order valence-electron chi connectivity index (χ4n) is 2.07. The Hall–Kier alpha value is -0.870. The van der Waals surface area contributed by atoms with Crippen LogP contribution in [0, 0.1) is 0 Å². The third kappa shape index (κ3) is 2.21. The molecule has 0 saturated carbocycles. The topological polar surface area (TPSA) is 57.5 Å². The van der Waals surface area contributed by atoms with E-state index in [9.17, 15) is 9.90 Å². The van der Waals surface area contributed by atoms with Gasteiger partial charge in [-0.15, -0.1) is 11.3 Å². The molecule has 3 nitrogen and oxygen atoms in total. The lowest BCUT2D eigenvalue weighted by atomic mass is 9.93. The maximum Gasteiger partial charge on any atom is 0.306 e. The van der Waals surface area contributed by atoms with Crippen LogP contribution in [0.25, 0.3) is 0 Å². The van der Waals surface area contributed by atoms with E-state index in [4.69, 9.17) is 5.11 Å². The van der Waals surface area contributed by atoms with Crippen LogP contribution in [-0.2, 0) is 17.6 Å².